The van der Waals surface area contributed by atoms with Crippen molar-refractivity contribution in [2.45, 2.75) is 20.0 Å². The van der Waals surface area contributed by atoms with Crippen LogP contribution in [0.1, 0.15) is 13.8 Å². The van der Waals surface area contributed by atoms with Crippen molar-refractivity contribution in [3.8, 4) is 5.75 Å². The molecule has 0 spiro atoms. The smallest absolute Gasteiger partial charge is 0.142 e. The Morgan fingerprint density at radius 3 is 2.79 bits per heavy atom. The Bertz CT molecular complexity index is 274. The molecule has 0 aliphatic carbocycles. The molecule has 0 fully saturated rings. The van der Waals surface area contributed by atoms with Gasteiger partial charge in [-0.2, -0.15) is 0 Å². The van der Waals surface area contributed by atoms with Crippen LogP contribution in [0.3, 0.4) is 0 Å². The van der Waals surface area contributed by atoms with Crippen molar-refractivity contribution in [1.29, 1.82) is 0 Å². The Kier molecular flexibility index (Phi) is 4.26. The van der Waals surface area contributed by atoms with Gasteiger partial charge in [0.05, 0.1) is 18.4 Å². The first-order valence-electron chi connectivity index (χ1n) is 4.87. The Hall–Kier alpha value is -1.22. The monoisotopic (exact) mass is 195 g/mol. The van der Waals surface area contributed by atoms with Gasteiger partial charge in [0.1, 0.15) is 5.75 Å². The van der Waals surface area contributed by atoms with E-state index in [4.69, 9.17) is 9.84 Å². The van der Waals surface area contributed by atoms with Gasteiger partial charge in [-0.05, 0) is 26.0 Å². The number of rotatable bonds is 5. The van der Waals surface area contributed by atoms with Gasteiger partial charge in [-0.25, -0.2) is 0 Å². The highest BCUT2D eigenvalue weighted by Gasteiger charge is 2.02. The predicted molar refractivity (Wildman–Crippen MR) is 57.8 cm³/mol. The lowest BCUT2D eigenvalue weighted by Crippen LogP contribution is -2.15. The van der Waals surface area contributed by atoms with E-state index in [1.54, 1.807) is 6.92 Å². The van der Waals surface area contributed by atoms with Gasteiger partial charge in [-0.15, -0.1) is 0 Å². The van der Waals surface area contributed by atoms with Crippen LogP contribution in [0.5, 0.6) is 5.75 Å². The lowest BCUT2D eigenvalue weighted by Gasteiger charge is -2.12. The average Bonchev–Trinajstić information content (AvgIpc) is 2.17. The molecule has 14 heavy (non-hydrogen) atoms. The van der Waals surface area contributed by atoms with E-state index in [2.05, 4.69) is 5.32 Å². The molecule has 0 saturated heterocycles. The molecule has 0 saturated carbocycles. The van der Waals surface area contributed by atoms with Gasteiger partial charge in [-0.3, -0.25) is 0 Å². The van der Waals surface area contributed by atoms with Crippen molar-refractivity contribution in [2.75, 3.05) is 18.5 Å². The molecule has 1 aromatic carbocycles. The van der Waals surface area contributed by atoms with Crippen molar-refractivity contribution in [2.24, 2.45) is 0 Å². The molecule has 3 heteroatoms. The summed E-state index contributed by atoms with van der Waals surface area (Å²) in [7, 11) is 0. The quantitative estimate of drug-likeness (QED) is 0.753. The fourth-order valence-corrected chi connectivity index (χ4v) is 1.15. The maximum atomic E-state index is 9.13. The molecule has 0 radical (unpaired) electrons. The van der Waals surface area contributed by atoms with Crippen LogP contribution in [0.15, 0.2) is 24.3 Å². The Balaban J connectivity index is 2.64. The van der Waals surface area contributed by atoms with Gasteiger partial charge in [0.15, 0.2) is 0 Å². The van der Waals surface area contributed by atoms with Crippen molar-refractivity contribution in [1.82, 2.24) is 0 Å². The lowest BCUT2D eigenvalue weighted by molar-refractivity contribution is 0.208. The topological polar surface area (TPSA) is 41.5 Å². The first-order valence-corrected chi connectivity index (χ1v) is 4.87. The fraction of sp³-hybridized carbons (Fsp3) is 0.455. The number of aliphatic hydroxyl groups is 1. The number of hydrogen-bond acceptors (Lipinski definition) is 3. The molecular formula is C11H17NO2. The highest BCUT2D eigenvalue weighted by atomic mass is 16.5. The third kappa shape index (κ3) is 3.26. The van der Waals surface area contributed by atoms with E-state index in [0.29, 0.717) is 13.2 Å². The summed E-state index contributed by atoms with van der Waals surface area (Å²) >= 11 is 0. The van der Waals surface area contributed by atoms with Crippen LogP contribution in [0.25, 0.3) is 0 Å². The van der Waals surface area contributed by atoms with Crippen molar-refractivity contribution in [3.05, 3.63) is 24.3 Å². The van der Waals surface area contributed by atoms with Crippen LogP contribution in [0.4, 0.5) is 5.69 Å². The van der Waals surface area contributed by atoms with E-state index in [9.17, 15) is 0 Å². The third-order valence-corrected chi connectivity index (χ3v) is 1.77. The number of anilines is 1. The standard InChI is InChI=1S/C11H17NO2/c1-3-14-11-7-5-4-6-10(11)12-8-9(2)13/h4-7,9,12-13H,3,8H2,1-2H3/t9-/m1/s1. The Morgan fingerprint density at radius 2 is 2.14 bits per heavy atom. The number of hydrogen-bond donors (Lipinski definition) is 2. The average molecular weight is 195 g/mol. The van der Waals surface area contributed by atoms with E-state index in [-0.39, 0.29) is 6.10 Å². The first-order chi connectivity index (χ1) is 6.74. The molecule has 78 valence electrons. The minimum Gasteiger partial charge on any atom is -0.492 e. The Labute approximate surface area is 84.7 Å². The minimum absolute atomic E-state index is 0.357. The summed E-state index contributed by atoms with van der Waals surface area (Å²) in [6, 6.07) is 7.71. The van der Waals surface area contributed by atoms with Crippen LogP contribution < -0.4 is 10.1 Å². The van der Waals surface area contributed by atoms with E-state index in [1.165, 1.54) is 0 Å². The molecule has 0 bridgehead atoms. The first kappa shape index (κ1) is 10.9. The second-order valence-corrected chi connectivity index (χ2v) is 3.16. The molecule has 0 aromatic heterocycles. The fourth-order valence-electron chi connectivity index (χ4n) is 1.15. The molecule has 1 rings (SSSR count). The molecule has 0 amide bonds. The molecule has 2 N–H and O–H groups in total. The summed E-state index contributed by atoms with van der Waals surface area (Å²) in [6.07, 6.45) is -0.357. The maximum Gasteiger partial charge on any atom is 0.142 e. The zero-order chi connectivity index (χ0) is 10.4. The zero-order valence-electron chi connectivity index (χ0n) is 8.66. The summed E-state index contributed by atoms with van der Waals surface area (Å²) in [5.74, 6) is 0.829. The highest BCUT2D eigenvalue weighted by Crippen LogP contribution is 2.23. The summed E-state index contributed by atoms with van der Waals surface area (Å²) in [6.45, 7) is 4.87. The largest absolute Gasteiger partial charge is 0.492 e. The van der Waals surface area contributed by atoms with Gasteiger partial charge in [0.25, 0.3) is 0 Å². The second kappa shape index (κ2) is 5.50. The predicted octanol–water partition coefficient (Wildman–Crippen LogP) is 1.88. The van der Waals surface area contributed by atoms with Crippen LogP contribution in [0, 0.1) is 0 Å². The third-order valence-electron chi connectivity index (χ3n) is 1.77. The molecule has 1 aromatic rings. The summed E-state index contributed by atoms with van der Waals surface area (Å²) in [5, 5.41) is 12.3. The maximum absolute atomic E-state index is 9.13. The van der Waals surface area contributed by atoms with E-state index in [0.717, 1.165) is 11.4 Å². The van der Waals surface area contributed by atoms with Crippen LogP contribution in [-0.2, 0) is 0 Å². The number of para-hydroxylation sites is 2. The molecule has 0 aliphatic rings. The zero-order valence-corrected chi connectivity index (χ0v) is 8.66. The summed E-state index contributed by atoms with van der Waals surface area (Å²) in [5.41, 5.74) is 0.926. The molecule has 3 nitrogen and oxygen atoms in total. The second-order valence-electron chi connectivity index (χ2n) is 3.16. The Morgan fingerprint density at radius 1 is 1.43 bits per heavy atom. The van der Waals surface area contributed by atoms with Crippen LogP contribution in [-0.4, -0.2) is 24.4 Å². The van der Waals surface area contributed by atoms with Gasteiger partial charge in [0, 0.05) is 6.54 Å². The van der Waals surface area contributed by atoms with E-state index >= 15 is 0 Å². The van der Waals surface area contributed by atoms with Crippen LogP contribution in [0.2, 0.25) is 0 Å². The van der Waals surface area contributed by atoms with Crippen molar-refractivity contribution >= 4 is 5.69 Å². The normalized spacial score (nSPS) is 12.2. The summed E-state index contributed by atoms with van der Waals surface area (Å²) < 4.78 is 5.43. The molecule has 0 unspecified atom stereocenters. The minimum atomic E-state index is -0.357. The number of benzene rings is 1. The molecule has 0 aliphatic heterocycles. The highest BCUT2D eigenvalue weighted by molar-refractivity contribution is 5.56. The molecule has 0 heterocycles. The number of ether oxygens (including phenoxy) is 1. The van der Waals surface area contributed by atoms with Gasteiger partial charge in [0.2, 0.25) is 0 Å². The molecular weight excluding hydrogens is 178 g/mol. The van der Waals surface area contributed by atoms with Gasteiger partial charge < -0.3 is 15.2 Å². The van der Waals surface area contributed by atoms with Gasteiger partial charge in [-0.1, -0.05) is 12.1 Å². The SMILES string of the molecule is CCOc1ccccc1NC[C@@H](C)O. The van der Waals surface area contributed by atoms with E-state index in [1.807, 2.05) is 31.2 Å². The number of nitrogens with one attached hydrogen (secondary N) is 1. The van der Waals surface area contributed by atoms with Crippen LogP contribution >= 0.6 is 0 Å². The van der Waals surface area contributed by atoms with Crippen molar-refractivity contribution in [3.63, 3.8) is 0 Å². The van der Waals surface area contributed by atoms with Crippen molar-refractivity contribution < 1.29 is 9.84 Å². The number of aliphatic hydroxyl groups excluding tert-OH is 1. The molecule has 1 atom stereocenters. The van der Waals surface area contributed by atoms with E-state index < -0.39 is 0 Å². The summed E-state index contributed by atoms with van der Waals surface area (Å²) in [4.78, 5) is 0. The lowest BCUT2D eigenvalue weighted by atomic mass is 10.3. The van der Waals surface area contributed by atoms with Gasteiger partial charge >= 0.3 is 0 Å².